The molecule has 0 saturated heterocycles. The Kier molecular flexibility index (Phi) is 6.01. The minimum absolute atomic E-state index is 0.0444. The van der Waals surface area contributed by atoms with Crippen molar-refractivity contribution in [2.24, 2.45) is 0 Å². The molecule has 204 valence electrons. The number of aromatic nitrogens is 4. The van der Waals surface area contributed by atoms with Crippen molar-refractivity contribution in [3.8, 4) is 11.3 Å². The number of nitrogen functional groups attached to an aromatic ring is 1. The first kappa shape index (κ1) is 25.0. The van der Waals surface area contributed by atoms with Crippen LogP contribution in [0, 0.1) is 0 Å². The molecule has 41 heavy (non-hydrogen) atoms. The summed E-state index contributed by atoms with van der Waals surface area (Å²) in [5.74, 6) is 0.779. The lowest BCUT2D eigenvalue weighted by Crippen LogP contribution is -2.36. The lowest BCUT2D eigenvalue weighted by atomic mass is 10.1. The molecule has 0 saturated carbocycles. The van der Waals surface area contributed by atoms with Crippen molar-refractivity contribution in [1.29, 1.82) is 0 Å². The minimum Gasteiger partial charge on any atom is -0.384 e. The van der Waals surface area contributed by atoms with Crippen LogP contribution in [0.1, 0.15) is 36.0 Å². The van der Waals surface area contributed by atoms with Gasteiger partial charge in [-0.2, -0.15) is 0 Å². The third-order valence-corrected chi connectivity index (χ3v) is 8.48. The van der Waals surface area contributed by atoms with Gasteiger partial charge in [0.05, 0.1) is 23.8 Å². The highest BCUT2D eigenvalue weighted by atomic mass is 32.1. The van der Waals surface area contributed by atoms with Gasteiger partial charge in [0.1, 0.15) is 29.1 Å². The number of hydrogen-bond donors (Lipinski definition) is 3. The Balaban J connectivity index is 1.16. The van der Waals surface area contributed by atoms with Crippen molar-refractivity contribution in [1.82, 2.24) is 25.0 Å². The van der Waals surface area contributed by atoms with Crippen LogP contribution in [0.2, 0.25) is 0 Å². The minimum atomic E-state index is -0.667. The Morgan fingerprint density at radius 2 is 1.95 bits per heavy atom. The number of para-hydroxylation sites is 1. The molecule has 5 heterocycles. The van der Waals surface area contributed by atoms with E-state index in [0.29, 0.717) is 35.9 Å². The number of amides is 1. The van der Waals surface area contributed by atoms with Crippen LogP contribution >= 0.6 is 11.3 Å². The van der Waals surface area contributed by atoms with Gasteiger partial charge in [0.2, 0.25) is 5.91 Å². The van der Waals surface area contributed by atoms with Gasteiger partial charge in [-0.15, -0.1) is 11.3 Å². The highest BCUT2D eigenvalue weighted by Gasteiger charge is 2.35. The predicted octanol–water partition coefficient (Wildman–Crippen LogP) is 5.35. The average Bonchev–Trinajstić information content (AvgIpc) is 3.69. The SMILES string of the molecule is C[C@@H]1C[C@@H](C(=O)NCc2cc3cnc(N)cc3s2)n2c1ncc(Nc1cccc3c(-c4ccccc4)noc13)c2=O. The number of anilines is 3. The monoisotopic (exact) mass is 563 g/mol. The van der Waals surface area contributed by atoms with E-state index in [9.17, 15) is 9.59 Å². The van der Waals surface area contributed by atoms with Crippen molar-refractivity contribution in [3.05, 3.63) is 94.1 Å². The number of nitrogens with zero attached hydrogens (tertiary/aromatic N) is 4. The van der Waals surface area contributed by atoms with Crippen molar-refractivity contribution in [3.63, 3.8) is 0 Å². The molecule has 4 N–H and O–H groups in total. The van der Waals surface area contributed by atoms with Gasteiger partial charge < -0.3 is 20.9 Å². The first-order chi connectivity index (χ1) is 20.0. The lowest BCUT2D eigenvalue weighted by Gasteiger charge is -2.15. The third-order valence-electron chi connectivity index (χ3n) is 7.38. The summed E-state index contributed by atoms with van der Waals surface area (Å²) >= 11 is 1.55. The predicted molar refractivity (Wildman–Crippen MR) is 159 cm³/mol. The molecule has 0 bridgehead atoms. The topological polar surface area (TPSA) is 141 Å². The molecule has 4 aromatic heterocycles. The maximum Gasteiger partial charge on any atom is 0.277 e. The fourth-order valence-electron chi connectivity index (χ4n) is 5.40. The number of pyridine rings is 1. The second kappa shape index (κ2) is 9.86. The molecule has 0 fully saturated rings. The second-order valence-corrected chi connectivity index (χ2v) is 11.3. The summed E-state index contributed by atoms with van der Waals surface area (Å²) < 4.78 is 8.22. The molecular formula is C30H25N7O3S. The number of benzene rings is 2. The summed E-state index contributed by atoms with van der Waals surface area (Å²) in [6, 6.07) is 18.5. The summed E-state index contributed by atoms with van der Waals surface area (Å²) in [5.41, 5.74) is 8.50. The molecule has 0 spiro atoms. The Labute approximate surface area is 237 Å². The van der Waals surface area contributed by atoms with E-state index in [4.69, 9.17) is 10.3 Å². The molecule has 1 aliphatic heterocycles. The van der Waals surface area contributed by atoms with Gasteiger partial charge in [0.15, 0.2) is 5.58 Å². The lowest BCUT2D eigenvalue weighted by molar-refractivity contribution is -0.124. The Morgan fingerprint density at radius 1 is 1.10 bits per heavy atom. The highest BCUT2D eigenvalue weighted by molar-refractivity contribution is 7.19. The van der Waals surface area contributed by atoms with E-state index in [1.807, 2.05) is 67.6 Å². The smallest absolute Gasteiger partial charge is 0.277 e. The van der Waals surface area contributed by atoms with Crippen molar-refractivity contribution in [2.45, 2.75) is 31.8 Å². The zero-order chi connectivity index (χ0) is 28.1. The van der Waals surface area contributed by atoms with E-state index in [-0.39, 0.29) is 23.1 Å². The Morgan fingerprint density at radius 3 is 2.80 bits per heavy atom. The first-order valence-corrected chi connectivity index (χ1v) is 14.0. The van der Waals surface area contributed by atoms with Crippen LogP contribution in [0.4, 0.5) is 17.2 Å². The highest BCUT2D eigenvalue weighted by Crippen LogP contribution is 2.36. The van der Waals surface area contributed by atoms with Crippen LogP contribution in [0.5, 0.6) is 0 Å². The summed E-state index contributed by atoms with van der Waals surface area (Å²) in [7, 11) is 0. The Bertz CT molecular complexity index is 2000. The maximum atomic E-state index is 13.7. The number of fused-ring (bicyclic) bond motifs is 3. The van der Waals surface area contributed by atoms with E-state index in [1.54, 1.807) is 17.5 Å². The van der Waals surface area contributed by atoms with Gasteiger partial charge in [-0.05, 0) is 30.7 Å². The van der Waals surface area contributed by atoms with E-state index in [1.165, 1.54) is 10.8 Å². The van der Waals surface area contributed by atoms with Crippen LogP contribution in [0.3, 0.4) is 0 Å². The van der Waals surface area contributed by atoms with Crippen molar-refractivity contribution in [2.75, 3.05) is 11.1 Å². The van der Waals surface area contributed by atoms with E-state index >= 15 is 0 Å². The standard InChI is InChI=1S/C30H25N7O3S/c1-16-10-23(29(38)34-14-19-11-18-13-32-25(31)12-24(18)41-19)37-28(16)33-15-22(30(37)39)35-21-9-5-8-20-26(36-40-27(20)21)17-6-3-2-4-7-17/h2-9,11-13,15-16,23,35H,10,14H2,1H3,(H2,31,32)(H,34,38)/t16-,23+/m1/s1. The van der Waals surface area contributed by atoms with Crippen LogP contribution in [-0.4, -0.2) is 25.6 Å². The molecule has 2 atom stereocenters. The maximum absolute atomic E-state index is 13.7. The summed E-state index contributed by atoms with van der Waals surface area (Å²) in [4.78, 5) is 36.8. The van der Waals surface area contributed by atoms with Gasteiger partial charge in [0.25, 0.3) is 5.56 Å². The van der Waals surface area contributed by atoms with E-state index in [2.05, 4.69) is 25.8 Å². The summed E-state index contributed by atoms with van der Waals surface area (Å²) in [6.45, 7) is 2.32. The molecule has 10 nitrogen and oxygen atoms in total. The van der Waals surface area contributed by atoms with Crippen LogP contribution in [-0.2, 0) is 11.3 Å². The molecule has 0 aliphatic carbocycles. The van der Waals surface area contributed by atoms with Gasteiger partial charge in [-0.3, -0.25) is 14.2 Å². The number of thiophene rings is 1. The molecule has 1 amide bonds. The number of carbonyl (C=O) groups is 1. The quantitative estimate of drug-likeness (QED) is 0.246. The number of carbonyl (C=O) groups excluding carboxylic acids is 1. The fourth-order valence-corrected chi connectivity index (χ4v) is 6.42. The zero-order valence-corrected chi connectivity index (χ0v) is 22.8. The molecule has 7 rings (SSSR count). The van der Waals surface area contributed by atoms with Gasteiger partial charge in [-0.25, -0.2) is 9.97 Å². The van der Waals surface area contributed by atoms with Crippen LogP contribution < -0.4 is 21.9 Å². The normalized spacial score (nSPS) is 16.2. The van der Waals surface area contributed by atoms with Crippen LogP contribution in [0.15, 0.2) is 82.4 Å². The fraction of sp³-hybridized carbons (Fsp3) is 0.167. The molecule has 0 radical (unpaired) electrons. The van der Waals surface area contributed by atoms with Gasteiger partial charge in [0, 0.05) is 32.6 Å². The number of hydrogen-bond acceptors (Lipinski definition) is 9. The van der Waals surface area contributed by atoms with Gasteiger partial charge in [-0.1, -0.05) is 48.5 Å². The molecular weight excluding hydrogens is 538 g/mol. The largest absolute Gasteiger partial charge is 0.384 e. The number of nitrogens with one attached hydrogen (secondary N) is 2. The molecule has 1 aliphatic rings. The van der Waals surface area contributed by atoms with Crippen molar-refractivity contribution < 1.29 is 9.32 Å². The summed E-state index contributed by atoms with van der Waals surface area (Å²) in [5, 5.41) is 12.3. The second-order valence-electron chi connectivity index (χ2n) is 10.1. The molecule has 2 aromatic carbocycles. The van der Waals surface area contributed by atoms with Crippen LogP contribution in [0.25, 0.3) is 32.3 Å². The third kappa shape index (κ3) is 4.40. The Hall–Kier alpha value is -5.03. The van der Waals surface area contributed by atoms with E-state index in [0.717, 1.165) is 31.6 Å². The number of rotatable bonds is 6. The molecule has 6 aromatic rings. The average molecular weight is 564 g/mol. The van der Waals surface area contributed by atoms with Crippen molar-refractivity contribution >= 4 is 55.5 Å². The first-order valence-electron chi connectivity index (χ1n) is 13.2. The molecule has 11 heteroatoms. The molecule has 0 unspecified atom stereocenters. The zero-order valence-electron chi connectivity index (χ0n) is 22.0. The van der Waals surface area contributed by atoms with Gasteiger partial charge >= 0.3 is 0 Å². The number of nitrogens with two attached hydrogens (primary N) is 1. The summed E-state index contributed by atoms with van der Waals surface area (Å²) in [6.07, 6.45) is 3.74. The van der Waals surface area contributed by atoms with E-state index < -0.39 is 6.04 Å².